The lowest BCUT2D eigenvalue weighted by Gasteiger charge is -1.96. The second kappa shape index (κ2) is 3.53. The molecule has 12 heavy (non-hydrogen) atoms. The summed E-state index contributed by atoms with van der Waals surface area (Å²) in [5, 5.41) is 0. The predicted octanol–water partition coefficient (Wildman–Crippen LogP) is 1.49. The summed E-state index contributed by atoms with van der Waals surface area (Å²) in [6.45, 7) is 0. The van der Waals surface area contributed by atoms with Crippen molar-refractivity contribution < 1.29 is 4.39 Å². The maximum atomic E-state index is 12.7. The highest BCUT2D eigenvalue weighted by Gasteiger charge is 1.98. The van der Waals surface area contributed by atoms with Crippen molar-refractivity contribution in [2.75, 3.05) is 0 Å². The number of halogens is 2. The van der Waals surface area contributed by atoms with Gasteiger partial charge < -0.3 is 11.5 Å². The highest BCUT2D eigenvalue weighted by Crippen LogP contribution is 2.21. The number of nitrogens with two attached hydrogens (primary N) is 2. The van der Waals surface area contributed by atoms with E-state index < -0.39 is 0 Å². The standard InChI is InChI=1S/C7H7BrFN3/c8-5-3-4(12-7(10)11)1-2-6(5)9/h1-3H,(H4,10,11,12). The molecule has 5 heteroatoms. The van der Waals surface area contributed by atoms with Crippen molar-refractivity contribution in [2.24, 2.45) is 16.5 Å². The van der Waals surface area contributed by atoms with Crippen molar-refractivity contribution >= 4 is 27.6 Å². The van der Waals surface area contributed by atoms with Gasteiger partial charge in [0.05, 0.1) is 10.2 Å². The summed E-state index contributed by atoms with van der Waals surface area (Å²) in [6.07, 6.45) is 0. The molecule has 0 fully saturated rings. The van der Waals surface area contributed by atoms with Gasteiger partial charge in [-0.15, -0.1) is 0 Å². The van der Waals surface area contributed by atoms with Crippen LogP contribution in [-0.2, 0) is 0 Å². The topological polar surface area (TPSA) is 64.4 Å². The average molecular weight is 232 g/mol. The number of aliphatic imine (C=N–C) groups is 1. The minimum atomic E-state index is -0.343. The molecule has 4 N–H and O–H groups in total. The fraction of sp³-hybridized carbons (Fsp3) is 0. The van der Waals surface area contributed by atoms with Gasteiger partial charge in [-0.3, -0.25) is 0 Å². The van der Waals surface area contributed by atoms with Gasteiger partial charge in [0.1, 0.15) is 5.82 Å². The minimum absolute atomic E-state index is 0.0477. The third kappa shape index (κ3) is 2.20. The van der Waals surface area contributed by atoms with Crippen molar-refractivity contribution in [2.45, 2.75) is 0 Å². The monoisotopic (exact) mass is 231 g/mol. The summed E-state index contributed by atoms with van der Waals surface area (Å²) in [5.74, 6) is -0.391. The molecule has 0 amide bonds. The first-order valence-electron chi connectivity index (χ1n) is 3.14. The number of benzene rings is 1. The summed E-state index contributed by atoms with van der Waals surface area (Å²) < 4.78 is 13.0. The molecule has 0 bridgehead atoms. The molecule has 1 aromatic carbocycles. The van der Waals surface area contributed by atoms with Gasteiger partial charge in [-0.05, 0) is 34.1 Å². The Kier molecular flexibility index (Phi) is 2.65. The Labute approximate surface area is 77.4 Å². The fourth-order valence-corrected chi connectivity index (χ4v) is 1.07. The molecule has 0 aliphatic carbocycles. The highest BCUT2D eigenvalue weighted by atomic mass is 79.9. The van der Waals surface area contributed by atoms with Crippen LogP contribution < -0.4 is 11.5 Å². The molecule has 3 nitrogen and oxygen atoms in total. The number of guanidine groups is 1. The minimum Gasteiger partial charge on any atom is -0.370 e. The van der Waals surface area contributed by atoms with E-state index in [-0.39, 0.29) is 11.8 Å². The Morgan fingerprint density at radius 1 is 1.42 bits per heavy atom. The second-order valence-corrected chi connectivity index (χ2v) is 2.99. The largest absolute Gasteiger partial charge is 0.370 e. The summed E-state index contributed by atoms with van der Waals surface area (Å²) in [6, 6.07) is 4.26. The molecule has 0 saturated carbocycles. The molecular formula is C7H7BrFN3. The highest BCUT2D eigenvalue weighted by molar-refractivity contribution is 9.10. The number of hydrogen-bond acceptors (Lipinski definition) is 1. The number of nitrogens with zero attached hydrogens (tertiary/aromatic N) is 1. The van der Waals surface area contributed by atoms with Crippen molar-refractivity contribution in [1.82, 2.24) is 0 Å². The van der Waals surface area contributed by atoms with Crippen LogP contribution in [0.2, 0.25) is 0 Å². The van der Waals surface area contributed by atoms with E-state index in [0.717, 1.165) is 0 Å². The predicted molar refractivity (Wildman–Crippen MR) is 49.6 cm³/mol. The van der Waals surface area contributed by atoms with E-state index >= 15 is 0 Å². The van der Waals surface area contributed by atoms with Crippen LogP contribution in [-0.4, -0.2) is 5.96 Å². The molecular weight excluding hydrogens is 225 g/mol. The molecule has 64 valence electrons. The van der Waals surface area contributed by atoms with E-state index in [1.807, 2.05) is 0 Å². The van der Waals surface area contributed by atoms with Crippen LogP contribution >= 0.6 is 15.9 Å². The maximum Gasteiger partial charge on any atom is 0.191 e. The Morgan fingerprint density at radius 3 is 2.58 bits per heavy atom. The van der Waals surface area contributed by atoms with Gasteiger partial charge >= 0.3 is 0 Å². The summed E-state index contributed by atoms with van der Waals surface area (Å²) in [4.78, 5) is 3.74. The van der Waals surface area contributed by atoms with Crippen LogP contribution in [0.4, 0.5) is 10.1 Å². The normalized spacial score (nSPS) is 9.50. The van der Waals surface area contributed by atoms with Crippen LogP contribution in [0.1, 0.15) is 0 Å². The zero-order chi connectivity index (χ0) is 9.14. The molecule has 0 spiro atoms. The van der Waals surface area contributed by atoms with Crippen molar-refractivity contribution in [3.63, 3.8) is 0 Å². The smallest absolute Gasteiger partial charge is 0.191 e. The zero-order valence-corrected chi connectivity index (χ0v) is 7.68. The summed E-state index contributed by atoms with van der Waals surface area (Å²) in [7, 11) is 0. The molecule has 0 heterocycles. The number of rotatable bonds is 1. The average Bonchev–Trinajstić information content (AvgIpc) is 1.96. The van der Waals surface area contributed by atoms with Gasteiger partial charge in [-0.1, -0.05) is 0 Å². The quantitative estimate of drug-likeness (QED) is 0.569. The molecule has 0 atom stereocenters. The van der Waals surface area contributed by atoms with Gasteiger partial charge in [-0.2, -0.15) is 0 Å². The van der Waals surface area contributed by atoms with Gasteiger partial charge in [0.2, 0.25) is 0 Å². The van der Waals surface area contributed by atoms with E-state index in [9.17, 15) is 4.39 Å². The van der Waals surface area contributed by atoms with Crippen molar-refractivity contribution in [3.8, 4) is 0 Å². The van der Waals surface area contributed by atoms with Crippen LogP contribution in [0.3, 0.4) is 0 Å². The van der Waals surface area contributed by atoms with Crippen LogP contribution in [0.5, 0.6) is 0 Å². The Hall–Kier alpha value is -1.10. The Balaban J connectivity index is 3.05. The van der Waals surface area contributed by atoms with E-state index in [4.69, 9.17) is 11.5 Å². The van der Waals surface area contributed by atoms with E-state index in [1.54, 1.807) is 0 Å². The molecule has 1 rings (SSSR count). The Morgan fingerprint density at radius 2 is 2.08 bits per heavy atom. The summed E-state index contributed by atoms with van der Waals surface area (Å²) in [5.41, 5.74) is 10.8. The first kappa shape index (κ1) is 8.99. The van der Waals surface area contributed by atoms with E-state index in [2.05, 4.69) is 20.9 Å². The Bertz CT molecular complexity index is 320. The molecule has 1 aromatic rings. The summed E-state index contributed by atoms with van der Waals surface area (Å²) >= 11 is 3.01. The third-order valence-corrected chi connectivity index (χ3v) is 1.77. The SMILES string of the molecule is NC(N)=Nc1ccc(F)c(Br)c1. The number of hydrogen-bond donors (Lipinski definition) is 2. The zero-order valence-electron chi connectivity index (χ0n) is 6.09. The molecule has 0 saturated heterocycles. The lowest BCUT2D eigenvalue weighted by atomic mass is 10.3. The first-order valence-corrected chi connectivity index (χ1v) is 3.93. The van der Waals surface area contributed by atoms with Gasteiger partial charge in [0.25, 0.3) is 0 Å². The molecule has 0 aliphatic rings. The van der Waals surface area contributed by atoms with Crippen LogP contribution in [0, 0.1) is 5.82 Å². The lowest BCUT2D eigenvalue weighted by molar-refractivity contribution is 0.621. The maximum absolute atomic E-state index is 12.7. The van der Waals surface area contributed by atoms with Crippen molar-refractivity contribution in [1.29, 1.82) is 0 Å². The molecule has 0 aromatic heterocycles. The third-order valence-electron chi connectivity index (χ3n) is 1.16. The van der Waals surface area contributed by atoms with E-state index in [0.29, 0.717) is 10.2 Å². The van der Waals surface area contributed by atoms with Gasteiger partial charge in [0, 0.05) is 0 Å². The molecule has 0 aliphatic heterocycles. The van der Waals surface area contributed by atoms with Crippen molar-refractivity contribution in [3.05, 3.63) is 28.5 Å². The first-order chi connectivity index (χ1) is 5.59. The lowest BCUT2D eigenvalue weighted by Crippen LogP contribution is -2.21. The van der Waals surface area contributed by atoms with Crippen LogP contribution in [0.25, 0.3) is 0 Å². The van der Waals surface area contributed by atoms with Gasteiger partial charge in [0.15, 0.2) is 5.96 Å². The van der Waals surface area contributed by atoms with Gasteiger partial charge in [-0.25, -0.2) is 9.38 Å². The molecule has 0 radical (unpaired) electrons. The van der Waals surface area contributed by atoms with E-state index in [1.165, 1.54) is 18.2 Å². The second-order valence-electron chi connectivity index (χ2n) is 2.14. The fourth-order valence-electron chi connectivity index (χ4n) is 0.704. The molecule has 0 unspecified atom stereocenters. The van der Waals surface area contributed by atoms with Crippen LogP contribution in [0.15, 0.2) is 27.7 Å².